The van der Waals surface area contributed by atoms with Gasteiger partial charge in [0.15, 0.2) is 17.3 Å². The van der Waals surface area contributed by atoms with Gasteiger partial charge in [-0.2, -0.15) is 0 Å². The van der Waals surface area contributed by atoms with Crippen LogP contribution in [0.4, 0.5) is 0 Å². The zero-order valence-corrected chi connectivity index (χ0v) is 8.28. The molecule has 1 aliphatic rings. The molecule has 0 saturated carbocycles. The van der Waals surface area contributed by atoms with E-state index in [0.29, 0.717) is 17.9 Å². The van der Waals surface area contributed by atoms with Crippen molar-refractivity contribution in [2.75, 3.05) is 20.8 Å². The molecular weight excluding hydrogens is 184 g/mol. The van der Waals surface area contributed by atoms with E-state index in [1.165, 1.54) is 14.2 Å². The molecule has 1 rings (SSSR count). The van der Waals surface area contributed by atoms with Crippen LogP contribution in [0.5, 0.6) is 0 Å². The van der Waals surface area contributed by atoms with E-state index in [1.54, 1.807) is 12.2 Å². The maximum absolute atomic E-state index is 9.66. The second kappa shape index (κ2) is 4.72. The Hall–Kier alpha value is -1.42. The highest BCUT2D eigenvalue weighted by Crippen LogP contribution is 2.22. The maximum Gasteiger partial charge on any atom is 0.200 e. The molecular formula is C10H14O4. The van der Waals surface area contributed by atoms with Gasteiger partial charge in [-0.3, -0.25) is 0 Å². The summed E-state index contributed by atoms with van der Waals surface area (Å²) in [6.07, 6.45) is 3.85. The summed E-state index contributed by atoms with van der Waals surface area (Å²) < 4.78 is 9.94. The first-order valence-electron chi connectivity index (χ1n) is 4.25. The molecule has 0 bridgehead atoms. The number of allylic oxidation sites excluding steroid dienone is 2. The van der Waals surface area contributed by atoms with Crippen LogP contribution in [0.1, 0.15) is 6.42 Å². The maximum atomic E-state index is 9.66. The van der Waals surface area contributed by atoms with E-state index in [2.05, 4.69) is 0 Å². The van der Waals surface area contributed by atoms with Crippen molar-refractivity contribution < 1.29 is 19.7 Å². The van der Waals surface area contributed by atoms with E-state index < -0.39 is 0 Å². The average Bonchev–Trinajstić information content (AvgIpc) is 2.37. The van der Waals surface area contributed by atoms with Crippen molar-refractivity contribution in [3.8, 4) is 0 Å². The van der Waals surface area contributed by atoms with Gasteiger partial charge < -0.3 is 19.7 Å². The number of aliphatic hydroxyl groups is 2. The summed E-state index contributed by atoms with van der Waals surface area (Å²) in [5, 5.41) is 18.6. The molecule has 0 aromatic heterocycles. The van der Waals surface area contributed by atoms with E-state index in [0.717, 1.165) is 5.57 Å². The number of rotatable bonds is 3. The third-order valence-corrected chi connectivity index (χ3v) is 1.99. The summed E-state index contributed by atoms with van der Waals surface area (Å²) >= 11 is 0. The number of aliphatic hydroxyl groups excluding tert-OH is 2. The first-order valence-corrected chi connectivity index (χ1v) is 4.25. The molecule has 0 amide bonds. The van der Waals surface area contributed by atoms with Crippen LogP contribution in [0.15, 0.2) is 35.0 Å². The molecule has 0 aromatic carbocycles. The Kier molecular flexibility index (Phi) is 3.59. The zero-order chi connectivity index (χ0) is 10.6. The molecule has 0 atom stereocenters. The Morgan fingerprint density at radius 1 is 1.36 bits per heavy atom. The van der Waals surface area contributed by atoms with Gasteiger partial charge in [0, 0.05) is 0 Å². The lowest BCUT2D eigenvalue weighted by atomic mass is 10.2. The molecule has 0 radical (unpaired) electrons. The van der Waals surface area contributed by atoms with Crippen LogP contribution >= 0.6 is 0 Å². The van der Waals surface area contributed by atoms with E-state index in [1.807, 2.05) is 0 Å². The highest BCUT2D eigenvalue weighted by atomic mass is 16.5. The summed E-state index contributed by atoms with van der Waals surface area (Å²) in [4.78, 5) is 0. The monoisotopic (exact) mass is 198 g/mol. The lowest BCUT2D eigenvalue weighted by molar-refractivity contribution is 0.224. The van der Waals surface area contributed by atoms with Crippen LogP contribution in [0, 0.1) is 0 Å². The highest BCUT2D eigenvalue weighted by molar-refractivity contribution is 5.35. The summed E-state index contributed by atoms with van der Waals surface area (Å²) in [6.45, 7) is -0.0619. The average molecular weight is 198 g/mol. The highest BCUT2D eigenvalue weighted by Gasteiger charge is 2.14. The minimum Gasteiger partial charge on any atom is -0.502 e. The zero-order valence-electron chi connectivity index (χ0n) is 8.28. The van der Waals surface area contributed by atoms with Gasteiger partial charge in [-0.05, 0) is 24.1 Å². The second-order valence-corrected chi connectivity index (χ2v) is 2.85. The normalized spacial score (nSPS) is 17.1. The molecule has 78 valence electrons. The van der Waals surface area contributed by atoms with Gasteiger partial charge in [0.25, 0.3) is 0 Å². The lowest BCUT2D eigenvalue weighted by Gasteiger charge is -2.06. The third kappa shape index (κ3) is 2.09. The largest absolute Gasteiger partial charge is 0.502 e. The molecule has 0 unspecified atom stereocenters. The molecule has 4 nitrogen and oxygen atoms in total. The van der Waals surface area contributed by atoms with Crippen LogP contribution in [0.3, 0.4) is 0 Å². The first kappa shape index (κ1) is 10.7. The fourth-order valence-electron chi connectivity index (χ4n) is 1.20. The van der Waals surface area contributed by atoms with Crippen LogP contribution in [0.2, 0.25) is 0 Å². The molecule has 4 heteroatoms. The first-order chi connectivity index (χ1) is 6.72. The van der Waals surface area contributed by atoms with Crippen molar-refractivity contribution in [1.82, 2.24) is 0 Å². The summed E-state index contributed by atoms with van der Waals surface area (Å²) in [5.41, 5.74) is 0.764. The quantitative estimate of drug-likeness (QED) is 0.716. The second-order valence-electron chi connectivity index (χ2n) is 2.85. The minimum atomic E-state index is -0.0619. The van der Waals surface area contributed by atoms with Crippen LogP contribution in [-0.2, 0) is 9.47 Å². The molecule has 2 N–H and O–H groups in total. The summed E-state index contributed by atoms with van der Waals surface area (Å²) in [7, 11) is 2.93. The van der Waals surface area contributed by atoms with Crippen molar-refractivity contribution in [2.45, 2.75) is 6.42 Å². The van der Waals surface area contributed by atoms with Crippen LogP contribution in [0.25, 0.3) is 0 Å². The van der Waals surface area contributed by atoms with Crippen molar-refractivity contribution in [3.63, 3.8) is 0 Å². The fraction of sp³-hybridized carbons (Fsp3) is 0.400. The summed E-state index contributed by atoms with van der Waals surface area (Å²) in [6, 6.07) is 0. The number of methoxy groups -OCH3 is 2. The van der Waals surface area contributed by atoms with Gasteiger partial charge >= 0.3 is 0 Å². The van der Waals surface area contributed by atoms with E-state index in [-0.39, 0.29) is 12.4 Å². The standard InChI is InChI=1S/C10H14O4/c1-13-8-4-3-7(6-11)5-9(14-2)10(8)12/h4-5,11-12H,3,6H2,1-2H3. The molecule has 0 fully saturated rings. The lowest BCUT2D eigenvalue weighted by Crippen LogP contribution is -1.96. The van der Waals surface area contributed by atoms with Crippen molar-refractivity contribution in [3.05, 3.63) is 35.0 Å². The Morgan fingerprint density at radius 2 is 2.07 bits per heavy atom. The van der Waals surface area contributed by atoms with Crippen LogP contribution < -0.4 is 0 Å². The Labute approximate surface area is 82.8 Å². The predicted molar refractivity (Wildman–Crippen MR) is 51.5 cm³/mol. The number of ether oxygens (including phenoxy) is 2. The third-order valence-electron chi connectivity index (χ3n) is 1.99. The Morgan fingerprint density at radius 3 is 2.57 bits per heavy atom. The van der Waals surface area contributed by atoms with Crippen LogP contribution in [-0.4, -0.2) is 31.0 Å². The van der Waals surface area contributed by atoms with Gasteiger partial charge in [0.05, 0.1) is 20.8 Å². The van der Waals surface area contributed by atoms with Gasteiger partial charge in [-0.25, -0.2) is 0 Å². The molecule has 0 aromatic rings. The predicted octanol–water partition coefficient (Wildman–Crippen LogP) is 1.26. The van der Waals surface area contributed by atoms with Gasteiger partial charge in [0.2, 0.25) is 0 Å². The number of hydrogen-bond donors (Lipinski definition) is 2. The molecule has 0 spiro atoms. The molecule has 0 heterocycles. The fourth-order valence-corrected chi connectivity index (χ4v) is 1.20. The van der Waals surface area contributed by atoms with E-state index in [4.69, 9.17) is 14.6 Å². The van der Waals surface area contributed by atoms with Gasteiger partial charge in [-0.1, -0.05) is 0 Å². The Balaban J connectivity index is 3.07. The Bertz CT molecular complexity index is 299. The molecule has 0 saturated heterocycles. The molecule has 1 aliphatic carbocycles. The molecule has 0 aliphatic heterocycles. The van der Waals surface area contributed by atoms with E-state index >= 15 is 0 Å². The SMILES string of the molecule is COC1=CCC(CO)=CC(OC)=C1O. The van der Waals surface area contributed by atoms with E-state index in [9.17, 15) is 5.11 Å². The van der Waals surface area contributed by atoms with Crippen molar-refractivity contribution in [1.29, 1.82) is 0 Å². The van der Waals surface area contributed by atoms with Gasteiger partial charge in [-0.15, -0.1) is 0 Å². The van der Waals surface area contributed by atoms with Crippen molar-refractivity contribution in [2.24, 2.45) is 0 Å². The van der Waals surface area contributed by atoms with Gasteiger partial charge in [0.1, 0.15) is 0 Å². The number of hydrogen-bond acceptors (Lipinski definition) is 4. The molecule has 14 heavy (non-hydrogen) atoms. The minimum absolute atomic E-state index is 0.0431. The van der Waals surface area contributed by atoms with Crippen molar-refractivity contribution >= 4 is 0 Å². The smallest absolute Gasteiger partial charge is 0.200 e. The summed E-state index contributed by atoms with van der Waals surface area (Å²) in [5.74, 6) is 0.625. The topological polar surface area (TPSA) is 58.9 Å².